The highest BCUT2D eigenvalue weighted by Crippen LogP contribution is 2.28. The van der Waals surface area contributed by atoms with Gasteiger partial charge in [-0.15, -0.1) is 0 Å². The number of aryl methyl sites for hydroxylation is 1. The second-order valence-corrected chi connectivity index (χ2v) is 9.52. The zero-order valence-electron chi connectivity index (χ0n) is 16.1. The normalized spacial score (nSPS) is 18.0. The molecular weight excluding hydrogens is 396 g/mol. The summed E-state index contributed by atoms with van der Waals surface area (Å²) in [6.07, 6.45) is 1.33. The molecular formula is C21H25ClN2O3S. The van der Waals surface area contributed by atoms with Gasteiger partial charge in [-0.1, -0.05) is 41.9 Å². The van der Waals surface area contributed by atoms with Gasteiger partial charge in [-0.3, -0.25) is 4.79 Å². The van der Waals surface area contributed by atoms with Crippen LogP contribution in [0.3, 0.4) is 0 Å². The second-order valence-electron chi connectivity index (χ2n) is 7.21. The lowest BCUT2D eigenvalue weighted by Crippen LogP contribution is -2.45. The number of amides is 1. The Kier molecular flexibility index (Phi) is 6.43. The van der Waals surface area contributed by atoms with Crippen molar-refractivity contribution in [3.05, 3.63) is 64.2 Å². The number of nitrogens with one attached hydrogen (secondary N) is 1. The summed E-state index contributed by atoms with van der Waals surface area (Å²) in [5.74, 6) is -0.460. The van der Waals surface area contributed by atoms with E-state index in [4.69, 9.17) is 11.6 Å². The maximum Gasteiger partial charge on any atom is 0.243 e. The SMILES string of the molecule is Cc1ccccc1CNC(=O)C1CCCN(S(=O)(=O)c2cccc(Cl)c2C)C1. The van der Waals surface area contributed by atoms with E-state index in [0.29, 0.717) is 36.5 Å². The molecule has 1 aliphatic rings. The highest BCUT2D eigenvalue weighted by molar-refractivity contribution is 7.89. The van der Waals surface area contributed by atoms with Crippen molar-refractivity contribution in [2.24, 2.45) is 5.92 Å². The fourth-order valence-corrected chi connectivity index (χ4v) is 5.52. The van der Waals surface area contributed by atoms with E-state index >= 15 is 0 Å². The van der Waals surface area contributed by atoms with Crippen LogP contribution in [0.2, 0.25) is 5.02 Å². The summed E-state index contributed by atoms with van der Waals surface area (Å²) >= 11 is 6.10. The maximum absolute atomic E-state index is 13.1. The van der Waals surface area contributed by atoms with Gasteiger partial charge in [-0.25, -0.2) is 8.42 Å². The number of hydrogen-bond donors (Lipinski definition) is 1. The average molecular weight is 421 g/mol. The van der Waals surface area contributed by atoms with Crippen LogP contribution in [-0.2, 0) is 21.4 Å². The first-order chi connectivity index (χ1) is 13.3. The number of piperidine rings is 1. The van der Waals surface area contributed by atoms with Crippen LogP contribution in [0.25, 0.3) is 0 Å². The minimum absolute atomic E-state index is 0.106. The molecule has 2 aromatic rings. The Bertz CT molecular complexity index is 975. The van der Waals surface area contributed by atoms with Gasteiger partial charge in [-0.05, 0) is 55.5 Å². The first-order valence-corrected chi connectivity index (χ1v) is 11.2. The van der Waals surface area contributed by atoms with Crippen LogP contribution in [0.15, 0.2) is 47.4 Å². The summed E-state index contributed by atoms with van der Waals surface area (Å²) < 4.78 is 27.6. The standard InChI is InChI=1S/C21H25ClN2O3S/c1-15-7-3-4-8-17(15)13-23-21(25)18-9-6-12-24(14-18)28(26,27)20-11-5-10-19(22)16(20)2/h3-5,7-8,10-11,18H,6,9,12-14H2,1-2H3,(H,23,25). The van der Waals surface area contributed by atoms with E-state index in [1.165, 1.54) is 4.31 Å². The molecule has 1 heterocycles. The molecule has 5 nitrogen and oxygen atoms in total. The zero-order valence-corrected chi connectivity index (χ0v) is 17.7. The molecule has 0 spiro atoms. The van der Waals surface area contributed by atoms with E-state index in [1.54, 1.807) is 25.1 Å². The van der Waals surface area contributed by atoms with Gasteiger partial charge in [-0.2, -0.15) is 4.31 Å². The molecule has 7 heteroatoms. The van der Waals surface area contributed by atoms with E-state index in [9.17, 15) is 13.2 Å². The number of carbonyl (C=O) groups excluding carboxylic acids is 1. The number of carbonyl (C=O) groups is 1. The van der Waals surface area contributed by atoms with E-state index in [1.807, 2.05) is 31.2 Å². The Labute approximate surface area is 171 Å². The fraction of sp³-hybridized carbons (Fsp3) is 0.381. The average Bonchev–Trinajstić information content (AvgIpc) is 2.69. The summed E-state index contributed by atoms with van der Waals surface area (Å²) in [7, 11) is -3.69. The lowest BCUT2D eigenvalue weighted by Gasteiger charge is -2.31. The highest BCUT2D eigenvalue weighted by atomic mass is 35.5. The number of sulfonamides is 1. The van der Waals surface area contributed by atoms with Gasteiger partial charge < -0.3 is 5.32 Å². The molecule has 0 saturated carbocycles. The van der Waals surface area contributed by atoms with Crippen molar-refractivity contribution in [1.82, 2.24) is 9.62 Å². The monoisotopic (exact) mass is 420 g/mol. The van der Waals surface area contributed by atoms with E-state index in [-0.39, 0.29) is 23.3 Å². The van der Waals surface area contributed by atoms with E-state index in [0.717, 1.165) is 11.1 Å². The fourth-order valence-electron chi connectivity index (χ4n) is 3.52. The molecule has 1 N–H and O–H groups in total. The van der Waals surface area contributed by atoms with Gasteiger partial charge >= 0.3 is 0 Å². The Balaban J connectivity index is 1.70. The Hall–Kier alpha value is -1.89. The Morgan fingerprint density at radius 3 is 2.68 bits per heavy atom. The molecule has 0 radical (unpaired) electrons. The second kappa shape index (κ2) is 8.64. The van der Waals surface area contributed by atoms with Crippen molar-refractivity contribution < 1.29 is 13.2 Å². The molecule has 1 saturated heterocycles. The number of hydrogen-bond acceptors (Lipinski definition) is 3. The van der Waals surface area contributed by atoms with Gasteiger partial charge in [0.1, 0.15) is 0 Å². The Morgan fingerprint density at radius 1 is 1.18 bits per heavy atom. The summed E-state index contributed by atoms with van der Waals surface area (Å²) in [5, 5.41) is 3.38. The summed E-state index contributed by atoms with van der Waals surface area (Å²) in [6.45, 7) is 4.75. The van der Waals surface area contributed by atoms with Crippen LogP contribution >= 0.6 is 11.6 Å². The quantitative estimate of drug-likeness (QED) is 0.802. The maximum atomic E-state index is 13.1. The van der Waals surface area contributed by atoms with Crippen LogP contribution in [0.1, 0.15) is 29.5 Å². The number of benzene rings is 2. The number of halogens is 1. The smallest absolute Gasteiger partial charge is 0.243 e. The summed E-state index contributed by atoms with van der Waals surface area (Å²) in [6, 6.07) is 12.8. The minimum atomic E-state index is -3.69. The molecule has 1 aliphatic heterocycles. The van der Waals surface area contributed by atoms with Crippen LogP contribution in [0, 0.1) is 19.8 Å². The largest absolute Gasteiger partial charge is 0.352 e. The molecule has 3 rings (SSSR count). The van der Waals surface area contributed by atoms with Gasteiger partial charge in [0, 0.05) is 24.7 Å². The third kappa shape index (κ3) is 4.40. The molecule has 28 heavy (non-hydrogen) atoms. The van der Waals surface area contributed by atoms with Crippen molar-refractivity contribution in [2.75, 3.05) is 13.1 Å². The lowest BCUT2D eigenvalue weighted by atomic mass is 9.98. The van der Waals surface area contributed by atoms with Crippen LogP contribution in [0.4, 0.5) is 0 Å². The highest BCUT2D eigenvalue weighted by Gasteiger charge is 2.34. The van der Waals surface area contributed by atoms with Crippen molar-refractivity contribution >= 4 is 27.5 Å². The van der Waals surface area contributed by atoms with E-state index in [2.05, 4.69) is 5.32 Å². The first kappa shape index (κ1) is 20.8. The predicted octanol–water partition coefficient (Wildman–Crippen LogP) is 3.67. The molecule has 1 fully saturated rings. The zero-order chi connectivity index (χ0) is 20.3. The molecule has 1 atom stereocenters. The predicted molar refractivity (Wildman–Crippen MR) is 111 cm³/mol. The molecule has 150 valence electrons. The van der Waals surface area contributed by atoms with Gasteiger partial charge in [0.05, 0.1) is 10.8 Å². The van der Waals surface area contributed by atoms with Crippen molar-refractivity contribution in [2.45, 2.75) is 38.1 Å². The molecule has 0 aromatic heterocycles. The van der Waals surface area contributed by atoms with E-state index < -0.39 is 10.0 Å². The molecule has 1 amide bonds. The van der Waals surface area contributed by atoms with Crippen LogP contribution in [-0.4, -0.2) is 31.7 Å². The minimum Gasteiger partial charge on any atom is -0.352 e. The topological polar surface area (TPSA) is 66.5 Å². The van der Waals surface area contributed by atoms with Crippen molar-refractivity contribution in [3.8, 4) is 0 Å². The number of rotatable bonds is 5. The molecule has 1 unspecified atom stereocenters. The van der Waals surface area contributed by atoms with Gasteiger partial charge in [0.2, 0.25) is 15.9 Å². The Morgan fingerprint density at radius 2 is 1.93 bits per heavy atom. The third-order valence-electron chi connectivity index (χ3n) is 5.31. The summed E-state index contributed by atoms with van der Waals surface area (Å²) in [5.41, 5.74) is 2.72. The van der Waals surface area contributed by atoms with Crippen molar-refractivity contribution in [1.29, 1.82) is 0 Å². The van der Waals surface area contributed by atoms with Gasteiger partial charge in [0.15, 0.2) is 0 Å². The first-order valence-electron chi connectivity index (χ1n) is 9.38. The molecule has 0 bridgehead atoms. The third-order valence-corrected chi connectivity index (χ3v) is 7.72. The van der Waals surface area contributed by atoms with Crippen molar-refractivity contribution in [3.63, 3.8) is 0 Å². The van der Waals surface area contributed by atoms with Crippen LogP contribution < -0.4 is 5.32 Å². The number of nitrogens with zero attached hydrogens (tertiary/aromatic N) is 1. The summed E-state index contributed by atoms with van der Waals surface area (Å²) in [4.78, 5) is 12.9. The van der Waals surface area contributed by atoms with Crippen LogP contribution in [0.5, 0.6) is 0 Å². The lowest BCUT2D eigenvalue weighted by molar-refractivity contribution is -0.126. The molecule has 2 aromatic carbocycles. The van der Waals surface area contributed by atoms with Gasteiger partial charge in [0.25, 0.3) is 0 Å². The molecule has 0 aliphatic carbocycles.